The van der Waals surface area contributed by atoms with Crippen LogP contribution in [-0.4, -0.2) is 32.5 Å². The van der Waals surface area contributed by atoms with Crippen LogP contribution >= 0.6 is 11.8 Å². The lowest BCUT2D eigenvalue weighted by Gasteiger charge is -2.14. The highest BCUT2D eigenvalue weighted by Crippen LogP contribution is 2.29. The first-order valence-corrected chi connectivity index (χ1v) is 11.0. The van der Waals surface area contributed by atoms with Crippen molar-refractivity contribution in [3.8, 4) is 11.6 Å². The third-order valence-corrected chi connectivity index (χ3v) is 6.29. The number of hydrogen-bond donors (Lipinski definition) is 1. The second-order valence-corrected chi connectivity index (χ2v) is 8.72. The lowest BCUT2D eigenvalue weighted by atomic mass is 9.97. The van der Waals surface area contributed by atoms with Crippen LogP contribution in [0.25, 0.3) is 22.5 Å². The van der Waals surface area contributed by atoms with Crippen molar-refractivity contribution in [2.75, 3.05) is 6.54 Å². The molecule has 152 valence electrons. The number of amides is 1. The van der Waals surface area contributed by atoms with Gasteiger partial charge >= 0.3 is 0 Å². The van der Waals surface area contributed by atoms with Gasteiger partial charge in [-0.2, -0.15) is 0 Å². The topological polar surface area (TPSA) is 73.0 Å². The summed E-state index contributed by atoms with van der Waals surface area (Å²) in [5.41, 5.74) is 3.44. The summed E-state index contributed by atoms with van der Waals surface area (Å²) in [4.78, 5) is 12.4. The summed E-state index contributed by atoms with van der Waals surface area (Å²) >= 11 is 1.29. The van der Waals surface area contributed by atoms with Gasteiger partial charge in [0, 0.05) is 24.5 Å². The Morgan fingerprint density at radius 1 is 1.31 bits per heavy atom. The predicted octanol–water partition coefficient (Wildman–Crippen LogP) is 4.72. The molecule has 0 radical (unpaired) electrons. The number of aromatic nitrogens is 3. The minimum atomic E-state index is -0.295. The van der Waals surface area contributed by atoms with Gasteiger partial charge < -0.3 is 14.3 Å². The molecule has 0 saturated heterocycles. The quantitative estimate of drug-likeness (QED) is 0.451. The van der Waals surface area contributed by atoms with Gasteiger partial charge in [-0.1, -0.05) is 41.6 Å². The fourth-order valence-electron chi connectivity index (χ4n) is 3.68. The van der Waals surface area contributed by atoms with Gasteiger partial charge in [-0.05, 0) is 51.2 Å². The number of rotatable bonds is 7. The summed E-state index contributed by atoms with van der Waals surface area (Å²) in [5.74, 6) is 0.457. The Bertz CT molecular complexity index is 1040. The molecule has 1 N–H and O–H groups in total. The summed E-state index contributed by atoms with van der Waals surface area (Å²) in [6.45, 7) is 2.54. The Morgan fingerprint density at radius 2 is 2.17 bits per heavy atom. The zero-order chi connectivity index (χ0) is 20.2. The van der Waals surface area contributed by atoms with Crippen molar-refractivity contribution in [3.63, 3.8) is 0 Å². The van der Waals surface area contributed by atoms with Crippen LogP contribution in [-0.2, 0) is 11.8 Å². The molecule has 2 aromatic heterocycles. The minimum Gasteiger partial charge on any atom is -0.410 e. The predicted molar refractivity (Wildman–Crippen MR) is 116 cm³/mol. The lowest BCUT2D eigenvalue weighted by Crippen LogP contribution is -2.31. The van der Waals surface area contributed by atoms with E-state index in [2.05, 4.69) is 33.7 Å². The largest absolute Gasteiger partial charge is 0.410 e. The number of nitrogens with one attached hydrogen (secondary N) is 1. The van der Waals surface area contributed by atoms with Crippen LogP contribution in [0.3, 0.4) is 0 Å². The van der Waals surface area contributed by atoms with E-state index < -0.39 is 0 Å². The molecule has 0 unspecified atom stereocenters. The molecule has 6 nitrogen and oxygen atoms in total. The smallest absolute Gasteiger partial charge is 0.277 e. The van der Waals surface area contributed by atoms with Crippen LogP contribution in [0.4, 0.5) is 0 Å². The molecule has 2 heterocycles. The van der Waals surface area contributed by atoms with Crippen LogP contribution in [0.5, 0.6) is 0 Å². The van der Waals surface area contributed by atoms with Crippen molar-refractivity contribution in [2.45, 2.75) is 49.5 Å². The van der Waals surface area contributed by atoms with E-state index in [1.165, 1.54) is 43.0 Å². The summed E-state index contributed by atoms with van der Waals surface area (Å²) in [6.07, 6.45) is 8.15. The van der Waals surface area contributed by atoms with Crippen LogP contribution in [0.2, 0.25) is 0 Å². The number of allylic oxidation sites excluding steroid dienone is 1. The van der Waals surface area contributed by atoms with E-state index in [4.69, 9.17) is 4.42 Å². The van der Waals surface area contributed by atoms with E-state index in [-0.39, 0.29) is 11.2 Å². The van der Waals surface area contributed by atoms with Gasteiger partial charge in [0.05, 0.1) is 5.25 Å². The highest BCUT2D eigenvalue weighted by atomic mass is 32.2. The molecular weight excluding hydrogens is 384 g/mol. The van der Waals surface area contributed by atoms with Crippen molar-refractivity contribution in [2.24, 2.45) is 7.05 Å². The van der Waals surface area contributed by atoms with Gasteiger partial charge in [-0.3, -0.25) is 4.79 Å². The molecule has 29 heavy (non-hydrogen) atoms. The van der Waals surface area contributed by atoms with E-state index in [1.807, 2.05) is 36.7 Å². The van der Waals surface area contributed by atoms with E-state index in [1.54, 1.807) is 0 Å². The maximum atomic E-state index is 12.4. The molecule has 0 bridgehead atoms. The highest BCUT2D eigenvalue weighted by molar-refractivity contribution is 8.00. The van der Waals surface area contributed by atoms with Crippen LogP contribution in [0.1, 0.15) is 39.0 Å². The summed E-state index contributed by atoms with van der Waals surface area (Å²) in [7, 11) is 1.98. The average Bonchev–Trinajstić information content (AvgIpc) is 3.33. The first-order valence-electron chi connectivity index (χ1n) is 10.1. The number of hydrogen-bond acceptors (Lipinski definition) is 5. The third kappa shape index (κ3) is 4.56. The first-order chi connectivity index (χ1) is 14.1. The molecule has 1 amide bonds. The van der Waals surface area contributed by atoms with Crippen LogP contribution < -0.4 is 5.32 Å². The second-order valence-electron chi connectivity index (χ2n) is 7.43. The van der Waals surface area contributed by atoms with Gasteiger partial charge in [0.1, 0.15) is 5.69 Å². The zero-order valence-corrected chi connectivity index (χ0v) is 17.7. The Labute approximate surface area is 174 Å². The Hall–Kier alpha value is -2.54. The SMILES string of the molecule is C[C@H](Sc1nnc(-c2cc3ccccc3n2C)o1)C(=O)NCCC1=CCCCC1. The van der Waals surface area contributed by atoms with Crippen molar-refractivity contribution in [3.05, 3.63) is 42.0 Å². The summed E-state index contributed by atoms with van der Waals surface area (Å²) in [6, 6.07) is 10.2. The van der Waals surface area contributed by atoms with Gasteiger partial charge in [0.25, 0.3) is 11.1 Å². The van der Waals surface area contributed by atoms with E-state index in [0.29, 0.717) is 17.7 Å². The van der Waals surface area contributed by atoms with Crippen molar-refractivity contribution >= 4 is 28.6 Å². The number of benzene rings is 1. The molecule has 7 heteroatoms. The average molecular weight is 411 g/mol. The lowest BCUT2D eigenvalue weighted by molar-refractivity contribution is -0.120. The molecule has 1 aliphatic rings. The number of nitrogens with zero attached hydrogens (tertiary/aromatic N) is 3. The molecule has 0 spiro atoms. The fraction of sp³-hybridized carbons (Fsp3) is 0.409. The first kappa shape index (κ1) is 19.8. The number of para-hydroxylation sites is 1. The van der Waals surface area contributed by atoms with E-state index >= 15 is 0 Å². The second kappa shape index (κ2) is 8.86. The maximum absolute atomic E-state index is 12.4. The van der Waals surface area contributed by atoms with Gasteiger partial charge in [-0.25, -0.2) is 0 Å². The number of carbonyl (C=O) groups is 1. The molecule has 0 fully saturated rings. The molecule has 1 aromatic carbocycles. The molecule has 0 aliphatic heterocycles. The van der Waals surface area contributed by atoms with Gasteiger partial charge in [0.15, 0.2) is 0 Å². The minimum absolute atomic E-state index is 0.00392. The number of fused-ring (bicyclic) bond motifs is 1. The molecule has 1 aliphatic carbocycles. The van der Waals surface area contributed by atoms with E-state index in [0.717, 1.165) is 23.0 Å². The van der Waals surface area contributed by atoms with Crippen LogP contribution in [0.15, 0.2) is 51.6 Å². The molecule has 3 aromatic rings. The Kier molecular flexibility index (Phi) is 6.04. The summed E-state index contributed by atoms with van der Waals surface area (Å²) in [5, 5.41) is 12.6. The molecule has 0 saturated carbocycles. The normalized spacial score (nSPS) is 15.3. The zero-order valence-electron chi connectivity index (χ0n) is 16.9. The number of aryl methyl sites for hydroxylation is 1. The van der Waals surface area contributed by atoms with Crippen molar-refractivity contribution in [1.29, 1.82) is 0 Å². The standard InChI is InChI=1S/C22H26N4O2S/c1-15(20(27)23-13-12-16-8-4-3-5-9-16)29-22-25-24-21(28-22)19-14-17-10-6-7-11-18(17)26(19)2/h6-8,10-11,14-15H,3-5,9,12-13H2,1-2H3,(H,23,27)/t15-/m0/s1. The van der Waals surface area contributed by atoms with Crippen molar-refractivity contribution in [1.82, 2.24) is 20.1 Å². The molecular formula is C22H26N4O2S. The fourth-order valence-corrected chi connectivity index (χ4v) is 4.39. The Morgan fingerprint density at radius 3 is 2.97 bits per heavy atom. The number of thioether (sulfide) groups is 1. The van der Waals surface area contributed by atoms with Gasteiger partial charge in [0.2, 0.25) is 5.91 Å². The monoisotopic (exact) mass is 410 g/mol. The Balaban J connectivity index is 1.35. The van der Waals surface area contributed by atoms with Gasteiger partial charge in [-0.15, -0.1) is 10.2 Å². The maximum Gasteiger partial charge on any atom is 0.277 e. The summed E-state index contributed by atoms with van der Waals surface area (Å²) < 4.78 is 7.87. The van der Waals surface area contributed by atoms with E-state index in [9.17, 15) is 4.79 Å². The molecule has 1 atom stereocenters. The third-order valence-electron chi connectivity index (χ3n) is 5.35. The number of carbonyl (C=O) groups excluding carboxylic acids is 1. The van der Waals surface area contributed by atoms with Crippen LogP contribution in [0, 0.1) is 0 Å². The molecule has 4 rings (SSSR count). The highest BCUT2D eigenvalue weighted by Gasteiger charge is 2.20. The van der Waals surface area contributed by atoms with Crippen molar-refractivity contribution < 1.29 is 9.21 Å².